The average Bonchev–Trinajstić information content (AvgIpc) is 3.59. The zero-order valence-corrected chi connectivity index (χ0v) is 36.2. The van der Waals surface area contributed by atoms with Crippen LogP contribution in [0.25, 0.3) is 102 Å². The van der Waals surface area contributed by atoms with E-state index < -0.39 is 9.84 Å². The van der Waals surface area contributed by atoms with Gasteiger partial charge in [-0.2, -0.15) is 0 Å². The van der Waals surface area contributed by atoms with Crippen molar-refractivity contribution in [3.05, 3.63) is 205 Å². The van der Waals surface area contributed by atoms with Gasteiger partial charge in [-0.1, -0.05) is 180 Å². The SMILES string of the molecule is O=S1(=O)c2ccc(-c3ccc(-c4nc(-c5ccccc5)nc(-c5cccc(Br)c5)n4)cc3)cc2-c2ccc(-c3cccc(-c4nc(-c5ccccc5)nc(-c5ccccc5)n4)c3)cc21. The zero-order valence-electron chi connectivity index (χ0n) is 33.8. The Balaban J connectivity index is 0.915. The molecule has 1 aliphatic heterocycles. The van der Waals surface area contributed by atoms with E-state index in [9.17, 15) is 8.42 Å². The molecule has 0 fully saturated rings. The Morgan fingerprint density at radius 2 is 0.656 bits per heavy atom. The quantitative estimate of drug-likeness (QED) is 0.148. The normalized spacial score (nSPS) is 12.4. The van der Waals surface area contributed by atoms with Crippen molar-refractivity contribution in [1.29, 1.82) is 0 Å². The molecule has 11 rings (SSSR count). The van der Waals surface area contributed by atoms with E-state index in [0.29, 0.717) is 51.0 Å². The summed E-state index contributed by atoms with van der Waals surface area (Å²) in [7, 11) is -3.79. The predicted molar refractivity (Wildman–Crippen MR) is 255 cm³/mol. The van der Waals surface area contributed by atoms with Crippen LogP contribution in [0.2, 0.25) is 0 Å². The van der Waals surface area contributed by atoms with Gasteiger partial charge in [0.1, 0.15) is 0 Å². The molecular weight excluding hydrogens is 877 g/mol. The van der Waals surface area contributed by atoms with Gasteiger partial charge in [-0.3, -0.25) is 0 Å². The van der Waals surface area contributed by atoms with E-state index in [1.54, 1.807) is 12.1 Å². The largest absolute Gasteiger partial charge is 0.218 e. The molecule has 1 aliphatic rings. The van der Waals surface area contributed by atoms with E-state index in [2.05, 4.69) is 15.9 Å². The van der Waals surface area contributed by atoms with E-state index in [0.717, 1.165) is 60.1 Å². The lowest BCUT2D eigenvalue weighted by Crippen LogP contribution is -2.00. The molecule has 0 aliphatic carbocycles. The van der Waals surface area contributed by atoms with Crippen LogP contribution in [0, 0.1) is 0 Å². The summed E-state index contributed by atoms with van der Waals surface area (Å²) in [6, 6.07) is 64.5. The fraction of sp³-hybridized carbons (Fsp3) is 0. The first-order valence-corrected chi connectivity index (χ1v) is 22.8. The van der Waals surface area contributed by atoms with Gasteiger partial charge >= 0.3 is 0 Å². The van der Waals surface area contributed by atoms with Crippen molar-refractivity contribution in [3.8, 4) is 102 Å². The molecule has 0 amide bonds. The van der Waals surface area contributed by atoms with Crippen molar-refractivity contribution in [3.63, 3.8) is 0 Å². The third-order valence-corrected chi connectivity index (χ3v) is 13.6. The van der Waals surface area contributed by atoms with Gasteiger partial charge in [-0.05, 0) is 58.7 Å². The fourth-order valence-electron chi connectivity index (χ4n) is 7.98. The number of fused-ring (bicyclic) bond motifs is 3. The molecule has 0 radical (unpaired) electrons. The Morgan fingerprint density at radius 1 is 0.281 bits per heavy atom. The molecule has 0 N–H and O–H groups in total. The Labute approximate surface area is 378 Å². The van der Waals surface area contributed by atoms with Crippen LogP contribution in [-0.2, 0) is 9.84 Å². The summed E-state index contributed by atoms with van der Waals surface area (Å²) in [5.41, 5.74) is 9.91. The van der Waals surface area contributed by atoms with Crippen LogP contribution in [0.5, 0.6) is 0 Å². The lowest BCUT2D eigenvalue weighted by Gasteiger charge is -2.10. The molecular formula is C54H33BrN6O2S. The highest BCUT2D eigenvalue weighted by Gasteiger charge is 2.33. The van der Waals surface area contributed by atoms with Crippen LogP contribution in [0.4, 0.5) is 0 Å². The predicted octanol–water partition coefficient (Wildman–Crippen LogP) is 13.0. The van der Waals surface area contributed by atoms with Crippen molar-refractivity contribution in [2.75, 3.05) is 0 Å². The smallest absolute Gasteiger partial charge is 0.207 e. The van der Waals surface area contributed by atoms with Crippen molar-refractivity contribution >= 4 is 25.8 Å². The molecule has 304 valence electrons. The molecule has 0 atom stereocenters. The number of halogens is 1. The first kappa shape index (κ1) is 39.1. The maximum absolute atomic E-state index is 14.2. The number of rotatable bonds is 8. The van der Waals surface area contributed by atoms with Gasteiger partial charge in [0.05, 0.1) is 9.79 Å². The van der Waals surface area contributed by atoms with Crippen molar-refractivity contribution in [2.24, 2.45) is 0 Å². The Bertz CT molecular complexity index is 3460. The third kappa shape index (κ3) is 7.38. The summed E-state index contributed by atoms with van der Waals surface area (Å²) in [6.45, 7) is 0. The van der Waals surface area contributed by atoms with E-state index in [1.807, 2.05) is 188 Å². The second-order valence-electron chi connectivity index (χ2n) is 15.3. The molecule has 10 aromatic rings. The monoisotopic (exact) mass is 908 g/mol. The molecule has 0 spiro atoms. The summed E-state index contributed by atoms with van der Waals surface area (Å²) in [4.78, 5) is 29.8. The summed E-state index contributed by atoms with van der Waals surface area (Å²) < 4.78 is 29.3. The molecule has 8 aromatic carbocycles. The molecule has 64 heavy (non-hydrogen) atoms. The van der Waals surface area contributed by atoms with Gasteiger partial charge in [0, 0.05) is 49.0 Å². The number of hydrogen-bond donors (Lipinski definition) is 0. The van der Waals surface area contributed by atoms with Crippen molar-refractivity contribution in [2.45, 2.75) is 9.79 Å². The lowest BCUT2D eigenvalue weighted by atomic mass is 9.96. The molecule has 10 heteroatoms. The fourth-order valence-corrected chi connectivity index (χ4v) is 10.1. The minimum absolute atomic E-state index is 0.279. The zero-order chi connectivity index (χ0) is 43.2. The van der Waals surface area contributed by atoms with E-state index in [4.69, 9.17) is 29.9 Å². The highest BCUT2D eigenvalue weighted by atomic mass is 79.9. The van der Waals surface area contributed by atoms with Gasteiger partial charge in [0.15, 0.2) is 34.9 Å². The number of benzene rings is 8. The summed E-state index contributed by atoms with van der Waals surface area (Å²) >= 11 is 3.58. The Hall–Kier alpha value is -7.79. The molecule has 3 heterocycles. The molecule has 0 saturated carbocycles. The maximum atomic E-state index is 14.2. The molecule has 0 bridgehead atoms. The Kier molecular flexibility index (Phi) is 9.87. The van der Waals surface area contributed by atoms with Crippen LogP contribution in [0.15, 0.2) is 214 Å². The summed E-state index contributed by atoms with van der Waals surface area (Å²) in [6.07, 6.45) is 0. The first-order chi connectivity index (χ1) is 31.3. The van der Waals surface area contributed by atoms with Gasteiger partial charge in [0.25, 0.3) is 0 Å². The minimum atomic E-state index is -3.79. The number of aromatic nitrogens is 6. The van der Waals surface area contributed by atoms with Gasteiger partial charge < -0.3 is 0 Å². The summed E-state index contributed by atoms with van der Waals surface area (Å²) in [5.74, 6) is 3.35. The topological polar surface area (TPSA) is 111 Å². The number of sulfone groups is 1. The molecule has 0 saturated heterocycles. The minimum Gasteiger partial charge on any atom is -0.218 e. The van der Waals surface area contributed by atoms with E-state index in [-0.39, 0.29) is 4.90 Å². The van der Waals surface area contributed by atoms with Crippen LogP contribution in [0.1, 0.15) is 0 Å². The molecule has 8 nitrogen and oxygen atoms in total. The number of hydrogen-bond acceptors (Lipinski definition) is 8. The van der Waals surface area contributed by atoms with Gasteiger partial charge in [0.2, 0.25) is 9.84 Å². The third-order valence-electron chi connectivity index (χ3n) is 11.2. The van der Waals surface area contributed by atoms with Crippen molar-refractivity contribution < 1.29 is 8.42 Å². The first-order valence-electron chi connectivity index (χ1n) is 20.5. The second kappa shape index (κ2) is 16.2. The van der Waals surface area contributed by atoms with Crippen molar-refractivity contribution in [1.82, 2.24) is 29.9 Å². The van der Waals surface area contributed by atoms with Gasteiger partial charge in [-0.25, -0.2) is 38.3 Å². The summed E-state index contributed by atoms with van der Waals surface area (Å²) in [5, 5.41) is 0. The lowest BCUT2D eigenvalue weighted by molar-refractivity contribution is 0.598. The van der Waals surface area contributed by atoms with E-state index >= 15 is 0 Å². The molecule has 0 unspecified atom stereocenters. The second-order valence-corrected chi connectivity index (χ2v) is 18.1. The van der Waals surface area contributed by atoms with Crippen LogP contribution >= 0.6 is 15.9 Å². The van der Waals surface area contributed by atoms with E-state index in [1.165, 1.54) is 0 Å². The maximum Gasteiger partial charge on any atom is 0.207 e. The van der Waals surface area contributed by atoms with Crippen LogP contribution in [0.3, 0.4) is 0 Å². The standard InChI is InChI=1S/C54H33BrN6O2S/c55-44-21-11-20-43(31-44)54-60-51(37-16-8-3-9-17-37)57-52(61-54)38-24-22-34(23-25-38)40-27-29-47-46(32-40)45-28-26-41(33-48(45)64(47,62)63)39-18-10-19-42(30-39)53-58-49(35-12-4-1-5-13-35)56-50(59-53)36-14-6-2-7-15-36/h1-33H. The Morgan fingerprint density at radius 3 is 1.19 bits per heavy atom. The highest BCUT2D eigenvalue weighted by Crippen LogP contribution is 2.46. The average molecular weight is 910 g/mol. The van der Waals surface area contributed by atoms with Crippen LogP contribution < -0.4 is 0 Å². The molecule has 2 aromatic heterocycles. The van der Waals surface area contributed by atoms with Gasteiger partial charge in [-0.15, -0.1) is 0 Å². The number of nitrogens with zero attached hydrogens (tertiary/aromatic N) is 6. The highest BCUT2D eigenvalue weighted by molar-refractivity contribution is 9.10. The van der Waals surface area contributed by atoms with Crippen LogP contribution in [-0.4, -0.2) is 38.3 Å².